The number of ether oxygens (including phenoxy) is 1. The molecule has 0 saturated heterocycles. The van der Waals surface area contributed by atoms with Crippen molar-refractivity contribution in [1.29, 1.82) is 0 Å². The number of aromatic nitrogens is 1. The van der Waals surface area contributed by atoms with E-state index in [1.807, 2.05) is 0 Å². The van der Waals surface area contributed by atoms with Gasteiger partial charge < -0.3 is 15.2 Å². The number of benzene rings is 2. The van der Waals surface area contributed by atoms with Crippen LogP contribution >= 0.6 is 46.4 Å². The smallest absolute Gasteiger partial charge is 0.408 e. The lowest BCUT2D eigenvalue weighted by molar-refractivity contribution is -0.139. The van der Waals surface area contributed by atoms with Gasteiger partial charge in [0.2, 0.25) is 0 Å². The van der Waals surface area contributed by atoms with Gasteiger partial charge in [0, 0.05) is 12.6 Å². The van der Waals surface area contributed by atoms with E-state index in [0.717, 1.165) is 4.90 Å². The molecule has 210 valence electrons. The number of hydrogen-bond donors (Lipinski definition) is 2. The van der Waals surface area contributed by atoms with Crippen molar-refractivity contribution in [2.45, 2.75) is 38.8 Å². The Hall–Kier alpha value is -3.37. The number of carbonyl (C=O) groups is 4. The molecular weight excluding hydrogens is 604 g/mol. The molecule has 9 nitrogen and oxygen atoms in total. The topological polar surface area (TPSA) is 126 Å². The molecule has 40 heavy (non-hydrogen) atoms. The second-order valence-electron chi connectivity index (χ2n) is 9.40. The average Bonchev–Trinajstić information content (AvgIpc) is 2.83. The molecule has 0 fully saturated rings. The van der Waals surface area contributed by atoms with Crippen molar-refractivity contribution in [3.8, 4) is 0 Å². The van der Waals surface area contributed by atoms with E-state index < -0.39 is 35.5 Å². The number of amides is 3. The number of halogens is 4. The van der Waals surface area contributed by atoms with E-state index in [2.05, 4.69) is 10.3 Å². The lowest BCUT2D eigenvalue weighted by atomic mass is 10.1. The van der Waals surface area contributed by atoms with Crippen LogP contribution in [0, 0.1) is 0 Å². The summed E-state index contributed by atoms with van der Waals surface area (Å²) >= 11 is 25.0. The standard InChI is InChI=1S/C27H23Cl4N3O6/c1-27(2,3)40-26(39)33-19(25(37)38)12-14-10-11-20(32-13-14)34(23(35)21-15(28)6-4-7-16(21)29)24(36)22-17(30)8-5-9-18(22)31/h4-11,13,19H,12H2,1-3H3,(H,33,39)(H,37,38)/t19-/m0/s1. The maximum atomic E-state index is 13.7. The monoisotopic (exact) mass is 625 g/mol. The summed E-state index contributed by atoms with van der Waals surface area (Å²) in [5.74, 6) is -3.24. The lowest BCUT2D eigenvalue weighted by Gasteiger charge is -2.23. The third-order valence-electron chi connectivity index (χ3n) is 5.23. The number of nitrogens with one attached hydrogen (secondary N) is 1. The lowest BCUT2D eigenvalue weighted by Crippen LogP contribution is -2.44. The van der Waals surface area contributed by atoms with E-state index in [1.54, 1.807) is 20.8 Å². The van der Waals surface area contributed by atoms with Gasteiger partial charge in [0.1, 0.15) is 17.5 Å². The molecule has 0 saturated carbocycles. The SMILES string of the molecule is CC(C)(C)OC(=O)N[C@@H](Cc1ccc(N(C(=O)c2c(Cl)cccc2Cl)C(=O)c2c(Cl)cccc2Cl)nc1)C(=O)O. The zero-order chi connectivity index (χ0) is 29.8. The Morgan fingerprint density at radius 2 is 1.35 bits per heavy atom. The molecule has 0 aliphatic rings. The first-order valence-electron chi connectivity index (χ1n) is 11.6. The number of anilines is 1. The fraction of sp³-hybridized carbons (Fsp3) is 0.222. The van der Waals surface area contributed by atoms with Gasteiger partial charge in [-0.25, -0.2) is 19.5 Å². The number of aliphatic carboxylic acids is 1. The average molecular weight is 627 g/mol. The highest BCUT2D eigenvalue weighted by atomic mass is 35.5. The minimum Gasteiger partial charge on any atom is -0.480 e. The van der Waals surface area contributed by atoms with Crippen LogP contribution in [0.25, 0.3) is 0 Å². The summed E-state index contributed by atoms with van der Waals surface area (Å²) in [7, 11) is 0. The summed E-state index contributed by atoms with van der Waals surface area (Å²) in [6.45, 7) is 4.93. The molecular formula is C27H23Cl4N3O6. The van der Waals surface area contributed by atoms with E-state index in [9.17, 15) is 24.3 Å². The van der Waals surface area contributed by atoms with E-state index in [4.69, 9.17) is 51.1 Å². The summed E-state index contributed by atoms with van der Waals surface area (Å²) in [4.78, 5) is 56.2. The number of carboxylic acid groups (broad SMARTS) is 1. The van der Waals surface area contributed by atoms with Crippen LogP contribution < -0.4 is 10.2 Å². The molecule has 0 unspecified atom stereocenters. The summed E-state index contributed by atoms with van der Waals surface area (Å²) in [6.07, 6.45) is 0.189. The minimum absolute atomic E-state index is 0.00491. The van der Waals surface area contributed by atoms with Crippen molar-refractivity contribution in [3.63, 3.8) is 0 Å². The highest BCUT2D eigenvalue weighted by Crippen LogP contribution is 2.31. The number of imide groups is 1. The summed E-state index contributed by atoms with van der Waals surface area (Å²) in [5, 5.41) is 11.9. The van der Waals surface area contributed by atoms with Crippen molar-refractivity contribution >= 4 is 76.1 Å². The second-order valence-corrected chi connectivity index (χ2v) is 11.0. The van der Waals surface area contributed by atoms with Crippen molar-refractivity contribution in [3.05, 3.63) is 91.5 Å². The fourth-order valence-electron chi connectivity index (χ4n) is 3.48. The van der Waals surface area contributed by atoms with Gasteiger partial charge in [-0.05, 0) is 56.7 Å². The number of nitrogens with zero attached hydrogens (tertiary/aromatic N) is 2. The molecule has 0 bridgehead atoms. The number of rotatable bonds is 7. The van der Waals surface area contributed by atoms with E-state index >= 15 is 0 Å². The van der Waals surface area contributed by atoms with Gasteiger partial charge in [-0.2, -0.15) is 0 Å². The summed E-state index contributed by atoms with van der Waals surface area (Å²) < 4.78 is 5.13. The van der Waals surface area contributed by atoms with Crippen molar-refractivity contribution in [2.75, 3.05) is 4.90 Å². The molecule has 3 amide bonds. The van der Waals surface area contributed by atoms with Crippen LogP contribution in [0.4, 0.5) is 10.6 Å². The Kier molecular flexibility index (Phi) is 10.0. The fourth-order valence-corrected chi connectivity index (χ4v) is 4.60. The number of carbonyl (C=O) groups excluding carboxylic acids is 3. The van der Waals surface area contributed by atoms with Gasteiger partial charge in [0.25, 0.3) is 11.8 Å². The molecule has 3 aromatic rings. The van der Waals surface area contributed by atoms with Gasteiger partial charge in [0.15, 0.2) is 0 Å². The van der Waals surface area contributed by atoms with Crippen LogP contribution in [0.15, 0.2) is 54.7 Å². The number of hydrogen-bond acceptors (Lipinski definition) is 6. The molecule has 2 N–H and O–H groups in total. The van der Waals surface area contributed by atoms with Gasteiger partial charge in [0.05, 0.1) is 31.2 Å². The molecule has 3 rings (SSSR count). The summed E-state index contributed by atoms with van der Waals surface area (Å²) in [5.41, 5.74) is -0.756. The van der Waals surface area contributed by atoms with Crippen LogP contribution in [0.1, 0.15) is 47.1 Å². The van der Waals surface area contributed by atoms with Crippen LogP contribution in [0.2, 0.25) is 20.1 Å². The Labute approximate surface area is 249 Å². The van der Waals surface area contributed by atoms with Crippen molar-refractivity contribution in [2.24, 2.45) is 0 Å². The second kappa shape index (κ2) is 12.9. The predicted molar refractivity (Wildman–Crippen MR) is 153 cm³/mol. The van der Waals surface area contributed by atoms with Crippen LogP contribution in [0.3, 0.4) is 0 Å². The minimum atomic E-state index is -1.34. The van der Waals surface area contributed by atoms with E-state index in [0.29, 0.717) is 5.56 Å². The maximum Gasteiger partial charge on any atom is 0.408 e. The Bertz CT molecular complexity index is 1350. The van der Waals surface area contributed by atoms with Crippen LogP contribution in [-0.4, -0.2) is 45.6 Å². The third kappa shape index (κ3) is 7.63. The summed E-state index contributed by atoms with van der Waals surface area (Å²) in [6, 6.07) is 10.3. The van der Waals surface area contributed by atoms with Crippen LogP contribution in [-0.2, 0) is 16.0 Å². The zero-order valence-corrected chi connectivity index (χ0v) is 24.4. The van der Waals surface area contributed by atoms with Gasteiger partial charge in [-0.3, -0.25) is 9.59 Å². The van der Waals surface area contributed by atoms with Gasteiger partial charge >= 0.3 is 12.1 Å². The highest BCUT2D eigenvalue weighted by molar-refractivity contribution is 6.45. The first-order valence-corrected chi connectivity index (χ1v) is 13.1. The third-order valence-corrected chi connectivity index (χ3v) is 6.49. The highest BCUT2D eigenvalue weighted by Gasteiger charge is 2.32. The van der Waals surface area contributed by atoms with Crippen molar-refractivity contribution in [1.82, 2.24) is 10.3 Å². The first kappa shape index (κ1) is 31.2. The molecule has 1 aromatic heterocycles. The molecule has 0 spiro atoms. The molecule has 2 aromatic carbocycles. The van der Waals surface area contributed by atoms with Crippen molar-refractivity contribution < 1.29 is 29.0 Å². The van der Waals surface area contributed by atoms with Gasteiger partial charge in [-0.15, -0.1) is 0 Å². The molecule has 1 atom stereocenters. The Morgan fingerprint density at radius 3 is 1.73 bits per heavy atom. The zero-order valence-electron chi connectivity index (χ0n) is 21.4. The normalized spacial score (nSPS) is 11.9. The van der Waals surface area contributed by atoms with Crippen LogP contribution in [0.5, 0.6) is 0 Å². The number of carboxylic acids is 1. The Morgan fingerprint density at radius 1 is 0.875 bits per heavy atom. The van der Waals surface area contributed by atoms with Gasteiger partial charge in [-0.1, -0.05) is 64.6 Å². The van der Waals surface area contributed by atoms with E-state index in [-0.39, 0.29) is 43.5 Å². The first-order chi connectivity index (χ1) is 18.7. The largest absolute Gasteiger partial charge is 0.480 e. The quantitative estimate of drug-likeness (QED) is 0.279. The Balaban J connectivity index is 1.99. The molecule has 1 heterocycles. The maximum absolute atomic E-state index is 13.7. The predicted octanol–water partition coefficient (Wildman–Crippen LogP) is 6.70. The molecule has 0 radical (unpaired) electrons. The number of alkyl carbamates (subject to hydrolysis) is 1. The van der Waals surface area contributed by atoms with E-state index in [1.165, 1.54) is 54.7 Å². The molecule has 13 heteroatoms. The molecule has 0 aliphatic carbocycles. The molecule has 0 aliphatic heterocycles. The number of pyridine rings is 1.